The minimum Gasteiger partial charge on any atom is -0.399 e. The second kappa shape index (κ2) is 5.05. The molecule has 0 aliphatic heterocycles. The molecule has 6 heteroatoms. The number of carbonyl (C=O) groups excluding carboxylic acids is 1. The number of carbonyl (C=O) groups is 1. The van der Waals surface area contributed by atoms with E-state index < -0.39 is 0 Å². The summed E-state index contributed by atoms with van der Waals surface area (Å²) in [5.41, 5.74) is 12.7. The number of nitrogens with one attached hydrogen (secondary N) is 1. The molecular formula is C12H14N4OS. The number of benzene rings is 1. The van der Waals surface area contributed by atoms with E-state index in [0.29, 0.717) is 23.5 Å². The van der Waals surface area contributed by atoms with Crippen LogP contribution in [0.2, 0.25) is 0 Å². The van der Waals surface area contributed by atoms with E-state index in [-0.39, 0.29) is 5.91 Å². The average molecular weight is 262 g/mol. The maximum absolute atomic E-state index is 11.9. The van der Waals surface area contributed by atoms with Gasteiger partial charge in [0.15, 0.2) is 0 Å². The van der Waals surface area contributed by atoms with E-state index in [0.717, 1.165) is 9.88 Å². The molecule has 1 aromatic heterocycles. The number of hydrogen-bond donors (Lipinski definition) is 3. The zero-order valence-corrected chi connectivity index (χ0v) is 10.8. The predicted molar refractivity (Wildman–Crippen MR) is 73.3 cm³/mol. The van der Waals surface area contributed by atoms with E-state index in [4.69, 9.17) is 11.5 Å². The third kappa shape index (κ3) is 2.78. The van der Waals surface area contributed by atoms with E-state index in [1.807, 2.05) is 6.92 Å². The molecule has 0 bridgehead atoms. The highest BCUT2D eigenvalue weighted by atomic mass is 32.1. The number of thiazole rings is 1. The van der Waals surface area contributed by atoms with Crippen LogP contribution in [0.4, 0.5) is 11.4 Å². The maximum Gasteiger partial charge on any atom is 0.253 e. The first-order valence-electron chi connectivity index (χ1n) is 5.41. The summed E-state index contributed by atoms with van der Waals surface area (Å²) in [6.45, 7) is 2.38. The van der Waals surface area contributed by atoms with Crippen molar-refractivity contribution in [2.45, 2.75) is 13.5 Å². The molecule has 2 aromatic rings. The summed E-state index contributed by atoms with van der Waals surface area (Å²) in [5, 5.41) is 3.78. The highest BCUT2D eigenvalue weighted by Crippen LogP contribution is 2.16. The Hall–Kier alpha value is -2.08. The lowest BCUT2D eigenvalue weighted by molar-refractivity contribution is 0.0952. The molecule has 1 amide bonds. The Morgan fingerprint density at radius 1 is 1.44 bits per heavy atom. The van der Waals surface area contributed by atoms with E-state index in [1.54, 1.807) is 35.7 Å². The molecule has 0 aliphatic carbocycles. The largest absolute Gasteiger partial charge is 0.399 e. The minimum atomic E-state index is -0.210. The number of nitrogens with zero attached hydrogens (tertiary/aromatic N) is 1. The van der Waals surface area contributed by atoms with Crippen molar-refractivity contribution in [3.63, 3.8) is 0 Å². The van der Waals surface area contributed by atoms with E-state index in [2.05, 4.69) is 10.3 Å². The monoisotopic (exact) mass is 262 g/mol. The van der Waals surface area contributed by atoms with Crippen LogP contribution in [0.5, 0.6) is 0 Å². The highest BCUT2D eigenvalue weighted by Gasteiger charge is 2.09. The van der Waals surface area contributed by atoms with Crippen LogP contribution in [0.25, 0.3) is 0 Å². The van der Waals surface area contributed by atoms with Gasteiger partial charge in [0.05, 0.1) is 17.1 Å². The quantitative estimate of drug-likeness (QED) is 0.731. The minimum absolute atomic E-state index is 0.210. The van der Waals surface area contributed by atoms with Gasteiger partial charge in [-0.05, 0) is 25.1 Å². The Kier molecular flexibility index (Phi) is 3.47. The van der Waals surface area contributed by atoms with Crippen LogP contribution in [0, 0.1) is 6.92 Å². The second-order valence-corrected chi connectivity index (χ2v) is 5.19. The van der Waals surface area contributed by atoms with Crippen molar-refractivity contribution < 1.29 is 4.79 Å². The summed E-state index contributed by atoms with van der Waals surface area (Å²) in [6.07, 6.45) is 1.76. The van der Waals surface area contributed by atoms with Crippen LogP contribution in [0.1, 0.15) is 20.2 Å². The average Bonchev–Trinajstić information content (AvgIpc) is 2.72. The number of nitrogens with two attached hydrogens (primary N) is 2. The maximum atomic E-state index is 11.9. The predicted octanol–water partition coefficient (Wildman–Crippen LogP) is 1.55. The molecule has 0 radical (unpaired) electrons. The summed E-state index contributed by atoms with van der Waals surface area (Å²) in [6, 6.07) is 4.85. The Bertz CT molecular complexity index is 579. The molecule has 0 saturated carbocycles. The van der Waals surface area contributed by atoms with Crippen molar-refractivity contribution in [2.24, 2.45) is 0 Å². The SMILES string of the molecule is Cc1ncc(CNC(=O)c2ccc(N)cc2N)s1. The van der Waals surface area contributed by atoms with Crippen LogP contribution < -0.4 is 16.8 Å². The van der Waals surface area contributed by atoms with Gasteiger partial charge in [0.2, 0.25) is 0 Å². The summed E-state index contributed by atoms with van der Waals surface area (Å²) in [4.78, 5) is 17.0. The van der Waals surface area contributed by atoms with Crippen LogP contribution >= 0.6 is 11.3 Å². The third-order valence-corrected chi connectivity index (χ3v) is 3.33. The fourth-order valence-corrected chi connectivity index (χ4v) is 2.27. The Balaban J connectivity index is 2.03. The number of aromatic nitrogens is 1. The van der Waals surface area contributed by atoms with Gasteiger partial charge in [-0.25, -0.2) is 4.98 Å². The van der Waals surface area contributed by atoms with Crippen LogP contribution in [0.3, 0.4) is 0 Å². The second-order valence-electron chi connectivity index (χ2n) is 3.87. The van der Waals surface area contributed by atoms with Crippen molar-refractivity contribution in [2.75, 3.05) is 11.5 Å². The molecule has 0 aliphatic rings. The van der Waals surface area contributed by atoms with E-state index in [9.17, 15) is 4.79 Å². The fourth-order valence-electron chi connectivity index (χ4n) is 1.54. The van der Waals surface area contributed by atoms with Gasteiger partial charge < -0.3 is 16.8 Å². The lowest BCUT2D eigenvalue weighted by atomic mass is 10.1. The number of nitrogen functional groups attached to an aromatic ring is 2. The molecule has 0 spiro atoms. The Morgan fingerprint density at radius 2 is 2.22 bits per heavy atom. The normalized spacial score (nSPS) is 10.3. The first-order valence-corrected chi connectivity index (χ1v) is 6.22. The molecule has 18 heavy (non-hydrogen) atoms. The van der Waals surface area contributed by atoms with Gasteiger partial charge in [0.1, 0.15) is 0 Å². The first-order chi connectivity index (χ1) is 8.56. The molecule has 94 valence electrons. The molecule has 1 aromatic carbocycles. The van der Waals surface area contributed by atoms with Gasteiger partial charge in [-0.2, -0.15) is 0 Å². The Labute approximate surface area is 109 Å². The van der Waals surface area contributed by atoms with E-state index >= 15 is 0 Å². The Morgan fingerprint density at radius 3 is 2.83 bits per heavy atom. The zero-order valence-electron chi connectivity index (χ0n) is 9.93. The fraction of sp³-hybridized carbons (Fsp3) is 0.167. The molecule has 0 atom stereocenters. The van der Waals surface area contributed by atoms with Crippen molar-refractivity contribution in [1.82, 2.24) is 10.3 Å². The third-order valence-electron chi connectivity index (χ3n) is 2.41. The molecule has 1 heterocycles. The zero-order chi connectivity index (χ0) is 13.1. The van der Waals surface area contributed by atoms with Crippen LogP contribution in [0.15, 0.2) is 24.4 Å². The standard InChI is InChI=1S/C12H14N4OS/c1-7-15-5-9(18-7)6-16-12(17)10-3-2-8(13)4-11(10)14/h2-5H,6,13-14H2,1H3,(H,16,17). The van der Waals surface area contributed by atoms with Gasteiger partial charge in [-0.15, -0.1) is 11.3 Å². The van der Waals surface area contributed by atoms with Gasteiger partial charge in [-0.1, -0.05) is 0 Å². The molecule has 0 saturated heterocycles. The topological polar surface area (TPSA) is 94.0 Å². The van der Waals surface area contributed by atoms with Gasteiger partial charge in [0, 0.05) is 22.4 Å². The number of hydrogen-bond acceptors (Lipinski definition) is 5. The summed E-state index contributed by atoms with van der Waals surface area (Å²) in [5.74, 6) is -0.210. The van der Waals surface area contributed by atoms with Gasteiger partial charge in [-0.3, -0.25) is 4.79 Å². The summed E-state index contributed by atoms with van der Waals surface area (Å²) in [7, 11) is 0. The van der Waals surface area contributed by atoms with Crippen molar-refractivity contribution >= 4 is 28.6 Å². The van der Waals surface area contributed by atoms with Crippen LogP contribution in [-0.4, -0.2) is 10.9 Å². The summed E-state index contributed by atoms with van der Waals surface area (Å²) >= 11 is 1.55. The number of amides is 1. The number of aryl methyl sites for hydroxylation is 1. The molecule has 2 rings (SSSR count). The van der Waals surface area contributed by atoms with Crippen LogP contribution in [-0.2, 0) is 6.54 Å². The number of anilines is 2. The lowest BCUT2D eigenvalue weighted by Crippen LogP contribution is -2.23. The first kappa shape index (κ1) is 12.4. The van der Waals surface area contributed by atoms with Gasteiger partial charge >= 0.3 is 0 Å². The van der Waals surface area contributed by atoms with Crippen molar-refractivity contribution in [1.29, 1.82) is 0 Å². The molecular weight excluding hydrogens is 248 g/mol. The highest BCUT2D eigenvalue weighted by molar-refractivity contribution is 7.11. The van der Waals surface area contributed by atoms with E-state index in [1.165, 1.54) is 0 Å². The summed E-state index contributed by atoms with van der Waals surface area (Å²) < 4.78 is 0. The smallest absolute Gasteiger partial charge is 0.253 e. The lowest BCUT2D eigenvalue weighted by Gasteiger charge is -2.07. The number of rotatable bonds is 3. The molecule has 0 fully saturated rings. The van der Waals surface area contributed by atoms with Crippen molar-refractivity contribution in [3.05, 3.63) is 39.8 Å². The molecule has 0 unspecified atom stereocenters. The molecule has 5 N–H and O–H groups in total. The molecule has 5 nitrogen and oxygen atoms in total. The van der Waals surface area contributed by atoms with Crippen molar-refractivity contribution in [3.8, 4) is 0 Å². The van der Waals surface area contributed by atoms with Gasteiger partial charge in [0.25, 0.3) is 5.91 Å².